The Bertz CT molecular complexity index is 555. The normalized spacial score (nSPS) is 17.1. The number of para-hydroxylation sites is 1. The summed E-state index contributed by atoms with van der Waals surface area (Å²) >= 11 is 1.99. The molecule has 0 bridgehead atoms. The molecular formula is C13H21N3O2S2. The van der Waals surface area contributed by atoms with Gasteiger partial charge in [0.2, 0.25) is 0 Å². The fourth-order valence-corrected chi connectivity index (χ4v) is 4.01. The topological polar surface area (TPSA) is 75.4 Å². The molecule has 1 aromatic rings. The van der Waals surface area contributed by atoms with Crippen molar-refractivity contribution in [2.24, 2.45) is 0 Å². The molecule has 112 valence electrons. The first-order chi connectivity index (χ1) is 9.48. The molecule has 1 fully saturated rings. The Kier molecular flexibility index (Phi) is 5.17. The molecule has 0 unspecified atom stereocenters. The smallest absolute Gasteiger partial charge is 0.177 e. The van der Waals surface area contributed by atoms with Gasteiger partial charge in [0.05, 0.1) is 16.3 Å². The first-order valence-corrected chi connectivity index (χ1v) is 9.65. The number of nitrogens with one attached hydrogen (secondary N) is 1. The molecule has 3 N–H and O–H groups in total. The minimum absolute atomic E-state index is 0.192. The first kappa shape index (κ1) is 15.5. The molecule has 5 nitrogen and oxygen atoms in total. The van der Waals surface area contributed by atoms with Gasteiger partial charge in [0, 0.05) is 43.9 Å². The highest BCUT2D eigenvalue weighted by atomic mass is 32.2. The van der Waals surface area contributed by atoms with Crippen LogP contribution in [-0.4, -0.2) is 57.3 Å². The third kappa shape index (κ3) is 4.04. The van der Waals surface area contributed by atoms with Crippen molar-refractivity contribution in [1.29, 1.82) is 0 Å². The van der Waals surface area contributed by atoms with Crippen LogP contribution >= 0.6 is 11.8 Å². The number of thioether (sulfide) groups is 1. The van der Waals surface area contributed by atoms with Gasteiger partial charge in [-0.05, 0) is 12.1 Å². The summed E-state index contributed by atoms with van der Waals surface area (Å²) in [4.78, 5) is 2.59. The van der Waals surface area contributed by atoms with Crippen LogP contribution in [0.1, 0.15) is 0 Å². The lowest BCUT2D eigenvalue weighted by Gasteiger charge is -2.26. The van der Waals surface area contributed by atoms with Gasteiger partial charge in [-0.3, -0.25) is 4.90 Å². The number of anilines is 2. The van der Waals surface area contributed by atoms with Crippen molar-refractivity contribution in [2.45, 2.75) is 4.90 Å². The quantitative estimate of drug-likeness (QED) is 0.794. The maximum atomic E-state index is 11.6. The molecule has 0 atom stereocenters. The van der Waals surface area contributed by atoms with E-state index in [1.54, 1.807) is 6.07 Å². The van der Waals surface area contributed by atoms with E-state index < -0.39 is 9.84 Å². The Hall–Kier alpha value is -0.920. The zero-order valence-electron chi connectivity index (χ0n) is 11.6. The van der Waals surface area contributed by atoms with Gasteiger partial charge in [0.25, 0.3) is 0 Å². The van der Waals surface area contributed by atoms with Crippen molar-refractivity contribution in [3.63, 3.8) is 0 Å². The van der Waals surface area contributed by atoms with Gasteiger partial charge in [-0.25, -0.2) is 8.42 Å². The highest BCUT2D eigenvalue weighted by Crippen LogP contribution is 2.26. The molecule has 1 aromatic carbocycles. The second-order valence-electron chi connectivity index (χ2n) is 4.87. The molecule has 0 radical (unpaired) electrons. The number of rotatable bonds is 5. The first-order valence-electron chi connectivity index (χ1n) is 6.61. The van der Waals surface area contributed by atoms with Crippen LogP contribution in [0.5, 0.6) is 0 Å². The number of benzene rings is 1. The Labute approximate surface area is 124 Å². The molecule has 0 aliphatic carbocycles. The molecule has 0 spiro atoms. The van der Waals surface area contributed by atoms with E-state index in [0.29, 0.717) is 11.4 Å². The molecule has 7 heteroatoms. The molecule has 0 amide bonds. The molecule has 1 aliphatic heterocycles. The zero-order chi connectivity index (χ0) is 14.6. The average Bonchev–Trinajstić information content (AvgIpc) is 2.40. The van der Waals surface area contributed by atoms with Crippen molar-refractivity contribution < 1.29 is 8.42 Å². The lowest BCUT2D eigenvalue weighted by Crippen LogP contribution is -2.36. The van der Waals surface area contributed by atoms with Crippen molar-refractivity contribution in [3.8, 4) is 0 Å². The Morgan fingerprint density at radius 3 is 2.70 bits per heavy atom. The van der Waals surface area contributed by atoms with Crippen LogP contribution in [0.15, 0.2) is 23.1 Å². The molecule has 0 aromatic heterocycles. The predicted octanol–water partition coefficient (Wildman–Crippen LogP) is 1.13. The largest absolute Gasteiger partial charge is 0.396 e. The summed E-state index contributed by atoms with van der Waals surface area (Å²) in [7, 11) is -3.28. The molecule has 20 heavy (non-hydrogen) atoms. The van der Waals surface area contributed by atoms with Crippen molar-refractivity contribution >= 4 is 33.0 Å². The van der Waals surface area contributed by atoms with Gasteiger partial charge in [-0.1, -0.05) is 6.07 Å². The summed E-state index contributed by atoms with van der Waals surface area (Å²) in [6, 6.07) is 5.07. The number of hydrogen-bond donors (Lipinski definition) is 2. The van der Waals surface area contributed by atoms with E-state index in [2.05, 4.69) is 10.2 Å². The van der Waals surface area contributed by atoms with Gasteiger partial charge >= 0.3 is 0 Å². The summed E-state index contributed by atoms with van der Waals surface area (Å²) in [6.07, 6.45) is 1.17. The van der Waals surface area contributed by atoms with Crippen molar-refractivity contribution in [2.75, 3.05) is 55.0 Å². The Morgan fingerprint density at radius 2 is 2.05 bits per heavy atom. The van der Waals surface area contributed by atoms with Crippen LogP contribution in [0.25, 0.3) is 0 Å². The van der Waals surface area contributed by atoms with E-state index >= 15 is 0 Å². The van der Waals surface area contributed by atoms with Crippen LogP contribution in [0.3, 0.4) is 0 Å². The predicted molar refractivity (Wildman–Crippen MR) is 86.2 cm³/mol. The number of nitrogens with zero attached hydrogens (tertiary/aromatic N) is 1. The highest BCUT2D eigenvalue weighted by Gasteiger charge is 2.14. The average molecular weight is 315 g/mol. The number of nitrogen functional groups attached to an aromatic ring is 1. The molecule has 1 heterocycles. The number of nitrogens with two attached hydrogens (primary N) is 1. The molecule has 2 rings (SSSR count). The van der Waals surface area contributed by atoms with Gasteiger partial charge in [0.1, 0.15) is 0 Å². The highest BCUT2D eigenvalue weighted by molar-refractivity contribution is 7.99. The summed E-state index contributed by atoms with van der Waals surface area (Å²) in [6.45, 7) is 3.95. The summed E-state index contributed by atoms with van der Waals surface area (Å²) < 4.78 is 23.2. The Balaban J connectivity index is 1.96. The van der Waals surface area contributed by atoms with Crippen LogP contribution in [0.4, 0.5) is 11.4 Å². The summed E-state index contributed by atoms with van der Waals surface area (Å²) in [5, 5.41) is 3.23. The fourth-order valence-electron chi connectivity index (χ4n) is 2.19. The third-order valence-electron chi connectivity index (χ3n) is 3.31. The van der Waals surface area contributed by atoms with E-state index in [9.17, 15) is 8.42 Å². The maximum absolute atomic E-state index is 11.6. The third-order valence-corrected chi connectivity index (χ3v) is 5.41. The van der Waals surface area contributed by atoms with E-state index in [1.807, 2.05) is 17.8 Å². The van der Waals surface area contributed by atoms with E-state index in [0.717, 1.165) is 26.2 Å². The van der Waals surface area contributed by atoms with Crippen LogP contribution in [-0.2, 0) is 9.84 Å². The zero-order valence-corrected chi connectivity index (χ0v) is 13.3. The number of hydrogen-bond acceptors (Lipinski definition) is 6. The SMILES string of the molecule is CS(=O)(=O)c1cccc(NCCN2CCSCC2)c1N. The molecule has 1 saturated heterocycles. The maximum Gasteiger partial charge on any atom is 0.177 e. The van der Waals surface area contributed by atoms with Gasteiger partial charge in [-0.2, -0.15) is 11.8 Å². The summed E-state index contributed by atoms with van der Waals surface area (Å²) in [5.74, 6) is 2.37. The monoisotopic (exact) mass is 315 g/mol. The lowest BCUT2D eigenvalue weighted by molar-refractivity contribution is 0.314. The molecular weight excluding hydrogens is 294 g/mol. The van der Waals surface area contributed by atoms with Crippen LogP contribution < -0.4 is 11.1 Å². The van der Waals surface area contributed by atoms with E-state index in [-0.39, 0.29) is 4.90 Å². The van der Waals surface area contributed by atoms with Gasteiger partial charge in [0.15, 0.2) is 9.84 Å². The van der Waals surface area contributed by atoms with Gasteiger partial charge < -0.3 is 11.1 Å². The van der Waals surface area contributed by atoms with Gasteiger partial charge in [-0.15, -0.1) is 0 Å². The van der Waals surface area contributed by atoms with Crippen molar-refractivity contribution in [3.05, 3.63) is 18.2 Å². The van der Waals surface area contributed by atoms with Crippen molar-refractivity contribution in [1.82, 2.24) is 4.90 Å². The lowest BCUT2D eigenvalue weighted by atomic mass is 10.2. The standard InChI is InChI=1S/C13H21N3O2S2/c1-20(17,18)12-4-2-3-11(13(12)14)15-5-6-16-7-9-19-10-8-16/h2-4,15H,5-10,14H2,1H3. The Morgan fingerprint density at radius 1 is 1.35 bits per heavy atom. The molecule has 1 aliphatic rings. The second kappa shape index (κ2) is 6.69. The van der Waals surface area contributed by atoms with Crippen LogP contribution in [0, 0.1) is 0 Å². The van der Waals surface area contributed by atoms with E-state index in [1.165, 1.54) is 23.8 Å². The molecule has 0 saturated carbocycles. The fraction of sp³-hybridized carbons (Fsp3) is 0.538. The minimum atomic E-state index is -3.28. The number of sulfone groups is 1. The second-order valence-corrected chi connectivity index (χ2v) is 8.08. The summed E-state index contributed by atoms with van der Waals surface area (Å²) in [5.41, 5.74) is 6.93. The minimum Gasteiger partial charge on any atom is -0.396 e. The van der Waals surface area contributed by atoms with E-state index in [4.69, 9.17) is 5.73 Å². The van der Waals surface area contributed by atoms with Crippen LogP contribution in [0.2, 0.25) is 0 Å².